The molecule has 7 nitrogen and oxygen atoms in total. The summed E-state index contributed by atoms with van der Waals surface area (Å²) in [5.41, 5.74) is -0.795. The van der Waals surface area contributed by atoms with E-state index in [2.05, 4.69) is 5.32 Å². The minimum absolute atomic E-state index is 0. The summed E-state index contributed by atoms with van der Waals surface area (Å²) in [4.78, 5) is 38.9. The van der Waals surface area contributed by atoms with Crippen LogP contribution in [-0.2, 0) is 20.6 Å². The predicted molar refractivity (Wildman–Crippen MR) is 107 cm³/mol. The highest BCUT2D eigenvalue weighted by molar-refractivity contribution is 6.31. The molecule has 1 unspecified atom stereocenters. The number of hydrogen-bond acceptors (Lipinski definition) is 4. The Hall–Kier alpha value is -2.16. The van der Waals surface area contributed by atoms with Gasteiger partial charge < -0.3 is 14.8 Å². The van der Waals surface area contributed by atoms with Gasteiger partial charge in [-0.1, -0.05) is 11.6 Å². The van der Waals surface area contributed by atoms with Crippen molar-refractivity contribution in [1.29, 1.82) is 0 Å². The number of nitrogens with zero attached hydrogens (tertiary/aromatic N) is 3. The zero-order valence-electron chi connectivity index (χ0n) is 15.4. The van der Waals surface area contributed by atoms with Crippen molar-refractivity contribution in [3.63, 3.8) is 0 Å². The van der Waals surface area contributed by atoms with Crippen LogP contribution in [0.1, 0.15) is 22.3 Å². The Morgan fingerprint density at radius 2 is 2.07 bits per heavy atom. The Kier molecular flexibility index (Phi) is 7.03. The molecule has 28 heavy (non-hydrogen) atoms. The SMILES string of the molecule is Cl.Cn1cc(CN(C(=O)c2cc(Cl)ccc2F)C2CCNC2)c(=O)n(C)c1=O. The molecule has 0 radical (unpaired) electrons. The number of rotatable bonds is 4. The normalized spacial score (nSPS) is 15.9. The molecule has 1 saturated heterocycles. The molecule has 2 heterocycles. The molecule has 2 aromatic rings. The summed E-state index contributed by atoms with van der Waals surface area (Å²) >= 11 is 5.93. The van der Waals surface area contributed by atoms with E-state index in [0.29, 0.717) is 13.0 Å². The monoisotopic (exact) mass is 430 g/mol. The van der Waals surface area contributed by atoms with Gasteiger partial charge in [-0.25, -0.2) is 9.18 Å². The summed E-state index contributed by atoms with van der Waals surface area (Å²) in [7, 11) is 2.92. The second-order valence-electron chi connectivity index (χ2n) is 6.62. The largest absolute Gasteiger partial charge is 0.330 e. The van der Waals surface area contributed by atoms with Crippen LogP contribution in [0.25, 0.3) is 0 Å². The van der Waals surface area contributed by atoms with Gasteiger partial charge in [-0.05, 0) is 31.2 Å². The van der Waals surface area contributed by atoms with E-state index in [9.17, 15) is 18.8 Å². The molecule has 1 atom stereocenters. The van der Waals surface area contributed by atoms with Crippen molar-refractivity contribution in [1.82, 2.24) is 19.4 Å². The maximum Gasteiger partial charge on any atom is 0.330 e. The highest BCUT2D eigenvalue weighted by atomic mass is 35.5. The fraction of sp³-hybridized carbons (Fsp3) is 0.389. The molecular formula is C18H21Cl2FN4O3. The van der Waals surface area contributed by atoms with E-state index in [0.717, 1.165) is 17.2 Å². The number of amides is 1. The van der Waals surface area contributed by atoms with Crippen molar-refractivity contribution >= 4 is 29.9 Å². The number of aryl methyl sites for hydroxylation is 1. The average Bonchev–Trinajstić information content (AvgIpc) is 3.17. The third kappa shape index (κ3) is 4.29. The summed E-state index contributed by atoms with van der Waals surface area (Å²) < 4.78 is 16.5. The van der Waals surface area contributed by atoms with Crippen LogP contribution in [0.4, 0.5) is 4.39 Å². The fourth-order valence-electron chi connectivity index (χ4n) is 3.26. The molecule has 1 aliphatic heterocycles. The highest BCUT2D eigenvalue weighted by Gasteiger charge is 2.30. The molecule has 152 valence electrons. The van der Waals surface area contributed by atoms with Gasteiger partial charge in [0.15, 0.2) is 0 Å². The maximum absolute atomic E-state index is 14.2. The minimum Gasteiger partial charge on any atom is -0.330 e. The van der Waals surface area contributed by atoms with E-state index in [1.807, 2.05) is 0 Å². The van der Waals surface area contributed by atoms with E-state index in [4.69, 9.17) is 11.6 Å². The van der Waals surface area contributed by atoms with Gasteiger partial charge >= 0.3 is 5.69 Å². The van der Waals surface area contributed by atoms with E-state index < -0.39 is 23.0 Å². The first-order chi connectivity index (χ1) is 12.8. The molecule has 0 bridgehead atoms. The second kappa shape index (κ2) is 8.89. The third-order valence-electron chi connectivity index (χ3n) is 4.75. The van der Waals surface area contributed by atoms with Gasteiger partial charge in [-0.15, -0.1) is 12.4 Å². The Bertz CT molecular complexity index is 999. The molecule has 10 heteroatoms. The first-order valence-corrected chi connectivity index (χ1v) is 8.89. The van der Waals surface area contributed by atoms with Gasteiger partial charge in [0, 0.05) is 37.9 Å². The number of benzene rings is 1. The van der Waals surface area contributed by atoms with Gasteiger partial charge in [-0.2, -0.15) is 0 Å². The van der Waals surface area contributed by atoms with Crippen LogP contribution in [0.3, 0.4) is 0 Å². The Morgan fingerprint density at radius 1 is 1.36 bits per heavy atom. The van der Waals surface area contributed by atoms with Crippen molar-refractivity contribution in [3.05, 3.63) is 67.2 Å². The molecule has 1 aromatic heterocycles. The number of halogens is 3. The van der Waals surface area contributed by atoms with Crippen molar-refractivity contribution in [2.75, 3.05) is 13.1 Å². The summed E-state index contributed by atoms with van der Waals surface area (Å²) in [6, 6.07) is 3.61. The van der Waals surface area contributed by atoms with E-state index in [1.54, 1.807) is 0 Å². The average molecular weight is 431 g/mol. The van der Waals surface area contributed by atoms with Gasteiger partial charge in [0.05, 0.1) is 17.7 Å². The Labute approximate surface area is 172 Å². The number of aromatic nitrogens is 2. The summed E-state index contributed by atoms with van der Waals surface area (Å²) in [5.74, 6) is -1.21. The smallest absolute Gasteiger partial charge is 0.330 e. The standard InChI is InChI=1S/C18H20ClFN4O3.ClH/c1-22-9-11(16(25)23(2)18(22)27)10-24(13-5-6-21-8-13)17(26)14-7-12(19)3-4-15(14)20;/h3-4,7,9,13,21H,5-6,8,10H2,1-2H3;1H. The molecule has 1 fully saturated rings. The number of hydrogen-bond donors (Lipinski definition) is 1. The number of nitrogens with one attached hydrogen (secondary N) is 1. The van der Waals surface area contributed by atoms with Gasteiger partial charge in [-0.3, -0.25) is 14.2 Å². The lowest BCUT2D eigenvalue weighted by Gasteiger charge is -2.29. The fourth-order valence-corrected chi connectivity index (χ4v) is 3.44. The zero-order valence-corrected chi connectivity index (χ0v) is 17.0. The van der Waals surface area contributed by atoms with Crippen LogP contribution < -0.4 is 16.6 Å². The topological polar surface area (TPSA) is 76.3 Å². The number of carbonyl (C=O) groups excluding carboxylic acids is 1. The molecule has 3 rings (SSSR count). The van der Waals surface area contributed by atoms with Crippen LogP contribution >= 0.6 is 24.0 Å². The number of carbonyl (C=O) groups is 1. The first kappa shape index (κ1) is 22.1. The van der Waals surface area contributed by atoms with Crippen LogP contribution in [-0.4, -0.2) is 39.1 Å². The van der Waals surface area contributed by atoms with Crippen molar-refractivity contribution < 1.29 is 9.18 Å². The van der Waals surface area contributed by atoms with Crippen molar-refractivity contribution in [2.24, 2.45) is 14.1 Å². The van der Waals surface area contributed by atoms with Crippen LogP contribution in [0.2, 0.25) is 5.02 Å². The van der Waals surface area contributed by atoms with Gasteiger partial charge in [0.2, 0.25) is 0 Å². The molecule has 0 aliphatic carbocycles. The molecule has 0 saturated carbocycles. The van der Waals surface area contributed by atoms with Gasteiger partial charge in [0.25, 0.3) is 11.5 Å². The Balaban J connectivity index is 0.00000280. The van der Waals surface area contributed by atoms with Crippen molar-refractivity contribution in [2.45, 2.75) is 19.0 Å². The lowest BCUT2D eigenvalue weighted by Crippen LogP contribution is -2.45. The van der Waals surface area contributed by atoms with Crippen LogP contribution in [0, 0.1) is 5.82 Å². The van der Waals surface area contributed by atoms with Crippen molar-refractivity contribution in [3.8, 4) is 0 Å². The third-order valence-corrected chi connectivity index (χ3v) is 4.99. The van der Waals surface area contributed by atoms with Crippen LogP contribution in [0.15, 0.2) is 34.0 Å². The quantitative estimate of drug-likeness (QED) is 0.792. The molecule has 1 aliphatic rings. The molecular weight excluding hydrogens is 410 g/mol. The Morgan fingerprint density at radius 3 is 2.71 bits per heavy atom. The first-order valence-electron chi connectivity index (χ1n) is 8.52. The minimum atomic E-state index is -0.672. The lowest BCUT2D eigenvalue weighted by atomic mass is 10.1. The lowest BCUT2D eigenvalue weighted by molar-refractivity contribution is 0.0669. The summed E-state index contributed by atoms with van der Waals surface area (Å²) in [6.07, 6.45) is 2.10. The second-order valence-corrected chi connectivity index (χ2v) is 7.05. The predicted octanol–water partition coefficient (Wildman–Crippen LogP) is 1.30. The van der Waals surface area contributed by atoms with E-state index >= 15 is 0 Å². The molecule has 1 N–H and O–H groups in total. The van der Waals surface area contributed by atoms with E-state index in [1.165, 1.54) is 41.9 Å². The molecule has 1 aromatic carbocycles. The summed E-state index contributed by atoms with van der Waals surface area (Å²) in [6.45, 7) is 1.23. The summed E-state index contributed by atoms with van der Waals surface area (Å²) in [5, 5.41) is 3.42. The van der Waals surface area contributed by atoms with E-state index in [-0.39, 0.29) is 41.1 Å². The highest BCUT2D eigenvalue weighted by Crippen LogP contribution is 2.21. The molecule has 0 spiro atoms. The molecule has 1 amide bonds. The maximum atomic E-state index is 14.2. The zero-order chi connectivity index (χ0) is 19.7. The van der Waals surface area contributed by atoms with Crippen LogP contribution in [0.5, 0.6) is 0 Å². The van der Waals surface area contributed by atoms with Gasteiger partial charge in [0.1, 0.15) is 5.82 Å².